The van der Waals surface area contributed by atoms with E-state index in [0.29, 0.717) is 12.1 Å². The van der Waals surface area contributed by atoms with Gasteiger partial charge in [-0.2, -0.15) is 0 Å². The lowest BCUT2D eigenvalue weighted by Gasteiger charge is -2.15. The van der Waals surface area contributed by atoms with E-state index in [1.807, 2.05) is 0 Å². The summed E-state index contributed by atoms with van der Waals surface area (Å²) in [4.78, 5) is 25.1. The molecule has 0 saturated heterocycles. The van der Waals surface area contributed by atoms with Gasteiger partial charge in [-0.05, 0) is 41.5 Å². The highest BCUT2D eigenvalue weighted by molar-refractivity contribution is 5.94. The Labute approximate surface area is 140 Å². The number of hydrogen-bond acceptors (Lipinski definition) is 2. The predicted octanol–water partition coefficient (Wildman–Crippen LogP) is 2.86. The third kappa shape index (κ3) is 4.78. The lowest BCUT2D eigenvalue weighted by Crippen LogP contribution is -2.24. The molecule has 2 rings (SSSR count). The SMILES string of the molecule is CNC(=O)c1ccc(/C=C/C(=O)N(C)Cc2ccc(F)cc2)cc1. The van der Waals surface area contributed by atoms with E-state index < -0.39 is 0 Å². The maximum absolute atomic E-state index is 12.9. The molecule has 0 aliphatic heterocycles. The van der Waals surface area contributed by atoms with Crippen LogP contribution in [-0.2, 0) is 11.3 Å². The van der Waals surface area contributed by atoms with Gasteiger partial charge in [0.15, 0.2) is 0 Å². The van der Waals surface area contributed by atoms with Crippen LogP contribution in [0.15, 0.2) is 54.6 Å². The standard InChI is InChI=1S/C19H19FN2O2/c1-21-19(24)16-8-3-14(4-9-16)7-12-18(23)22(2)13-15-5-10-17(20)11-6-15/h3-12H,13H2,1-2H3,(H,21,24)/b12-7+. The molecule has 0 aromatic heterocycles. The summed E-state index contributed by atoms with van der Waals surface area (Å²) >= 11 is 0. The van der Waals surface area contributed by atoms with Crippen molar-refractivity contribution in [2.45, 2.75) is 6.54 Å². The van der Waals surface area contributed by atoms with Crippen molar-refractivity contribution in [3.8, 4) is 0 Å². The third-order valence-corrected chi connectivity index (χ3v) is 3.53. The second kappa shape index (κ2) is 8.06. The predicted molar refractivity (Wildman–Crippen MR) is 91.7 cm³/mol. The van der Waals surface area contributed by atoms with Crippen LogP contribution in [0, 0.1) is 5.82 Å². The number of nitrogens with zero attached hydrogens (tertiary/aromatic N) is 1. The van der Waals surface area contributed by atoms with Gasteiger partial charge in [-0.25, -0.2) is 4.39 Å². The summed E-state index contributed by atoms with van der Waals surface area (Å²) in [6, 6.07) is 13.0. The fourth-order valence-corrected chi connectivity index (χ4v) is 2.13. The number of carbonyl (C=O) groups excluding carboxylic acids is 2. The number of amides is 2. The maximum atomic E-state index is 12.9. The minimum absolute atomic E-state index is 0.152. The number of rotatable bonds is 5. The maximum Gasteiger partial charge on any atom is 0.251 e. The fraction of sp³-hybridized carbons (Fsp3) is 0.158. The van der Waals surface area contributed by atoms with Crippen LogP contribution in [0.1, 0.15) is 21.5 Å². The van der Waals surface area contributed by atoms with E-state index in [-0.39, 0.29) is 17.6 Å². The molecule has 2 amide bonds. The second-order valence-electron chi connectivity index (χ2n) is 5.36. The van der Waals surface area contributed by atoms with Crippen molar-refractivity contribution in [3.63, 3.8) is 0 Å². The fourth-order valence-electron chi connectivity index (χ4n) is 2.13. The minimum Gasteiger partial charge on any atom is -0.355 e. The number of likely N-dealkylation sites (N-methyl/N-ethyl adjacent to an activating group) is 1. The van der Waals surface area contributed by atoms with Gasteiger partial charge in [-0.3, -0.25) is 9.59 Å². The highest BCUT2D eigenvalue weighted by atomic mass is 19.1. The Hall–Kier alpha value is -2.95. The highest BCUT2D eigenvalue weighted by Gasteiger charge is 2.06. The van der Waals surface area contributed by atoms with Gasteiger partial charge in [0.2, 0.25) is 5.91 Å². The van der Waals surface area contributed by atoms with Gasteiger partial charge in [0.1, 0.15) is 5.82 Å². The Morgan fingerprint density at radius 2 is 1.71 bits per heavy atom. The number of nitrogens with one attached hydrogen (secondary N) is 1. The van der Waals surface area contributed by atoms with Crippen LogP contribution in [0.4, 0.5) is 4.39 Å². The van der Waals surface area contributed by atoms with Crippen molar-refractivity contribution in [1.82, 2.24) is 10.2 Å². The second-order valence-corrected chi connectivity index (χ2v) is 5.36. The van der Waals surface area contributed by atoms with E-state index >= 15 is 0 Å². The van der Waals surface area contributed by atoms with E-state index in [9.17, 15) is 14.0 Å². The van der Waals surface area contributed by atoms with Gasteiger partial charge in [-0.1, -0.05) is 24.3 Å². The Kier molecular flexibility index (Phi) is 5.84. The topological polar surface area (TPSA) is 49.4 Å². The zero-order chi connectivity index (χ0) is 17.5. The lowest BCUT2D eigenvalue weighted by atomic mass is 10.1. The van der Waals surface area contributed by atoms with E-state index in [0.717, 1.165) is 11.1 Å². The van der Waals surface area contributed by atoms with Crippen LogP contribution in [0.2, 0.25) is 0 Å². The van der Waals surface area contributed by atoms with Gasteiger partial charge in [-0.15, -0.1) is 0 Å². The van der Waals surface area contributed by atoms with E-state index in [4.69, 9.17) is 0 Å². The molecular formula is C19H19FN2O2. The van der Waals surface area contributed by atoms with E-state index in [2.05, 4.69) is 5.32 Å². The Morgan fingerprint density at radius 1 is 1.08 bits per heavy atom. The molecule has 0 spiro atoms. The van der Waals surface area contributed by atoms with Crippen LogP contribution in [0.3, 0.4) is 0 Å². The molecule has 124 valence electrons. The molecule has 0 aliphatic rings. The monoisotopic (exact) mass is 326 g/mol. The molecule has 0 unspecified atom stereocenters. The smallest absolute Gasteiger partial charge is 0.251 e. The van der Waals surface area contributed by atoms with Gasteiger partial charge in [0.05, 0.1) is 0 Å². The first-order valence-electron chi connectivity index (χ1n) is 7.49. The van der Waals surface area contributed by atoms with Crippen LogP contribution in [0.25, 0.3) is 6.08 Å². The van der Waals surface area contributed by atoms with E-state index in [1.165, 1.54) is 18.2 Å². The van der Waals surface area contributed by atoms with Gasteiger partial charge >= 0.3 is 0 Å². The van der Waals surface area contributed by atoms with Crippen LogP contribution < -0.4 is 5.32 Å². The molecule has 0 radical (unpaired) electrons. The van der Waals surface area contributed by atoms with Gasteiger partial charge < -0.3 is 10.2 Å². The van der Waals surface area contributed by atoms with E-state index in [1.54, 1.807) is 61.5 Å². The van der Waals surface area contributed by atoms with Crippen molar-refractivity contribution in [3.05, 3.63) is 77.1 Å². The third-order valence-electron chi connectivity index (χ3n) is 3.53. The highest BCUT2D eigenvalue weighted by Crippen LogP contribution is 2.08. The number of carbonyl (C=O) groups is 2. The summed E-state index contributed by atoms with van der Waals surface area (Å²) in [5.74, 6) is -0.608. The molecule has 2 aromatic carbocycles. The molecule has 0 aliphatic carbocycles. The Morgan fingerprint density at radius 3 is 2.29 bits per heavy atom. The number of benzene rings is 2. The Bertz CT molecular complexity index is 737. The molecule has 5 heteroatoms. The normalized spacial score (nSPS) is 10.6. The number of hydrogen-bond donors (Lipinski definition) is 1. The van der Waals surface area contributed by atoms with Crippen molar-refractivity contribution >= 4 is 17.9 Å². The van der Waals surface area contributed by atoms with Gasteiger partial charge in [0.25, 0.3) is 5.91 Å². The first-order valence-corrected chi connectivity index (χ1v) is 7.49. The molecule has 0 bridgehead atoms. The summed E-state index contributed by atoms with van der Waals surface area (Å²) in [7, 11) is 3.26. The lowest BCUT2D eigenvalue weighted by molar-refractivity contribution is -0.125. The summed E-state index contributed by atoms with van der Waals surface area (Å²) in [6.07, 6.45) is 3.16. The molecule has 0 heterocycles. The molecule has 1 N–H and O–H groups in total. The molecule has 24 heavy (non-hydrogen) atoms. The Balaban J connectivity index is 1.96. The molecule has 0 atom stereocenters. The largest absolute Gasteiger partial charge is 0.355 e. The minimum atomic E-state index is -0.298. The number of halogens is 1. The molecule has 2 aromatic rings. The molecular weight excluding hydrogens is 307 g/mol. The molecule has 0 saturated carbocycles. The van der Waals surface area contributed by atoms with Crippen molar-refractivity contribution in [2.75, 3.05) is 14.1 Å². The first-order chi connectivity index (χ1) is 11.5. The van der Waals surface area contributed by atoms with Crippen LogP contribution in [0.5, 0.6) is 0 Å². The first kappa shape index (κ1) is 17.4. The van der Waals surface area contributed by atoms with Crippen molar-refractivity contribution in [2.24, 2.45) is 0 Å². The average Bonchev–Trinajstić information content (AvgIpc) is 2.61. The van der Waals surface area contributed by atoms with Crippen molar-refractivity contribution in [1.29, 1.82) is 0 Å². The quantitative estimate of drug-likeness (QED) is 0.859. The zero-order valence-electron chi connectivity index (χ0n) is 13.6. The van der Waals surface area contributed by atoms with Crippen LogP contribution in [-0.4, -0.2) is 30.8 Å². The van der Waals surface area contributed by atoms with Crippen LogP contribution >= 0.6 is 0 Å². The average molecular weight is 326 g/mol. The zero-order valence-corrected chi connectivity index (χ0v) is 13.6. The molecule has 4 nitrogen and oxygen atoms in total. The summed E-state index contributed by atoms with van der Waals surface area (Å²) < 4.78 is 12.9. The summed E-state index contributed by atoms with van der Waals surface area (Å²) in [6.45, 7) is 0.402. The summed E-state index contributed by atoms with van der Waals surface area (Å²) in [5, 5.41) is 2.55. The van der Waals surface area contributed by atoms with Crippen molar-refractivity contribution < 1.29 is 14.0 Å². The van der Waals surface area contributed by atoms with Gasteiger partial charge in [0, 0.05) is 32.3 Å². The summed E-state index contributed by atoms with van der Waals surface area (Å²) in [5.41, 5.74) is 2.25. The molecule has 0 fully saturated rings.